The summed E-state index contributed by atoms with van der Waals surface area (Å²) in [6.07, 6.45) is 3.73. The van der Waals surface area contributed by atoms with Crippen molar-refractivity contribution in [3.63, 3.8) is 0 Å². The van der Waals surface area contributed by atoms with Crippen molar-refractivity contribution in [3.8, 4) is 0 Å². The lowest BCUT2D eigenvalue weighted by Gasteiger charge is -2.55. The molecule has 4 bridgehead atoms. The van der Waals surface area contributed by atoms with Crippen LogP contribution >= 0.6 is 24.2 Å². The highest BCUT2D eigenvalue weighted by atomic mass is 35.5. The van der Waals surface area contributed by atoms with E-state index in [1.807, 2.05) is 0 Å². The van der Waals surface area contributed by atoms with E-state index in [0.717, 1.165) is 40.8 Å². The molecule has 5 fully saturated rings. The quantitative estimate of drug-likeness (QED) is 0.480. The van der Waals surface area contributed by atoms with Crippen LogP contribution in [0.1, 0.15) is 64.4 Å². The Hall–Kier alpha value is -1.41. The van der Waals surface area contributed by atoms with Gasteiger partial charge in [0.15, 0.2) is 5.17 Å². The molecule has 9 heteroatoms. The van der Waals surface area contributed by atoms with E-state index in [2.05, 4.69) is 24.1 Å². The van der Waals surface area contributed by atoms with Gasteiger partial charge in [-0.2, -0.15) is 13.2 Å². The van der Waals surface area contributed by atoms with Crippen molar-refractivity contribution in [2.24, 2.45) is 22.7 Å². The molecule has 34 heavy (non-hydrogen) atoms. The van der Waals surface area contributed by atoms with Crippen LogP contribution in [0.3, 0.4) is 0 Å². The fourth-order valence-electron chi connectivity index (χ4n) is 6.94. The van der Waals surface area contributed by atoms with Gasteiger partial charge < -0.3 is 10.2 Å². The molecule has 1 heterocycles. The molecule has 1 aromatic carbocycles. The summed E-state index contributed by atoms with van der Waals surface area (Å²) in [5.41, 5.74) is -0.233. The minimum absolute atomic E-state index is 0. The molecule has 1 unspecified atom stereocenters. The number of nitrogens with zero attached hydrogens (tertiary/aromatic N) is 2. The molecule has 4 saturated carbocycles. The van der Waals surface area contributed by atoms with Gasteiger partial charge in [0.1, 0.15) is 0 Å². The topological polar surface area (TPSA) is 44.7 Å². The molecule has 1 saturated heterocycles. The van der Waals surface area contributed by atoms with Crippen molar-refractivity contribution in [2.45, 2.75) is 82.6 Å². The number of amidine groups is 1. The molecule has 0 radical (unpaired) electrons. The minimum atomic E-state index is -4.38. The number of carbonyl (C=O) groups excluding carboxylic acids is 1. The van der Waals surface area contributed by atoms with Crippen LogP contribution in [0.4, 0.5) is 18.9 Å². The van der Waals surface area contributed by atoms with Crippen LogP contribution in [0.5, 0.6) is 0 Å². The van der Waals surface area contributed by atoms with Gasteiger partial charge in [0.2, 0.25) is 5.91 Å². The van der Waals surface area contributed by atoms with E-state index in [0.29, 0.717) is 12.1 Å². The molecule has 4 nitrogen and oxygen atoms in total. The minimum Gasteiger partial charge on any atom is -0.345 e. The molecule has 188 valence electrons. The smallest absolute Gasteiger partial charge is 0.345 e. The fourth-order valence-corrected chi connectivity index (χ4v) is 8.33. The maximum atomic E-state index is 12.8. The van der Waals surface area contributed by atoms with Crippen LogP contribution < -0.4 is 5.32 Å². The Bertz CT molecular complexity index is 899. The van der Waals surface area contributed by atoms with Crippen molar-refractivity contribution in [2.75, 3.05) is 11.1 Å². The van der Waals surface area contributed by atoms with E-state index >= 15 is 0 Å². The van der Waals surface area contributed by atoms with Gasteiger partial charge in [0.25, 0.3) is 0 Å². The lowest BCUT2D eigenvalue weighted by Crippen LogP contribution is -2.50. The zero-order valence-electron chi connectivity index (χ0n) is 19.6. The van der Waals surface area contributed by atoms with Gasteiger partial charge in [-0.3, -0.25) is 9.79 Å². The number of benzene rings is 1. The van der Waals surface area contributed by atoms with Gasteiger partial charge >= 0.3 is 6.18 Å². The molecular weight excluding hydrogens is 483 g/mol. The molecule has 6 rings (SSSR count). The summed E-state index contributed by atoms with van der Waals surface area (Å²) < 4.78 is 38.3. The Morgan fingerprint density at radius 1 is 1.12 bits per heavy atom. The SMILES string of the molecule is CC(C)N1/C(=N/C23CC4CC(CC(C4)C2)C3)SCC1CC(=O)Nc1ccc(C(F)(F)F)cc1.Cl. The summed E-state index contributed by atoms with van der Waals surface area (Å²) in [4.78, 5) is 20.4. The second kappa shape index (κ2) is 9.57. The number of rotatable bonds is 5. The van der Waals surface area contributed by atoms with Gasteiger partial charge in [-0.1, -0.05) is 11.8 Å². The van der Waals surface area contributed by atoms with Crippen LogP contribution in [0.2, 0.25) is 0 Å². The number of carbonyl (C=O) groups is 1. The van der Waals surface area contributed by atoms with Crippen molar-refractivity contribution >= 4 is 40.9 Å². The number of aliphatic imine (C=N–C) groups is 1. The number of nitrogens with one attached hydrogen (secondary N) is 1. The van der Waals surface area contributed by atoms with E-state index < -0.39 is 11.7 Å². The first-order valence-corrected chi connectivity index (χ1v) is 13.1. The van der Waals surface area contributed by atoms with Crippen molar-refractivity contribution in [1.29, 1.82) is 0 Å². The number of thioether (sulfide) groups is 1. The van der Waals surface area contributed by atoms with E-state index in [4.69, 9.17) is 4.99 Å². The summed E-state index contributed by atoms with van der Waals surface area (Å²) in [7, 11) is 0. The van der Waals surface area contributed by atoms with E-state index in [9.17, 15) is 18.0 Å². The number of amides is 1. The summed E-state index contributed by atoms with van der Waals surface area (Å²) in [5, 5.41) is 3.85. The Kier molecular flexibility index (Phi) is 7.22. The molecule has 5 aliphatic rings. The number of hydrogen-bond acceptors (Lipinski definition) is 3. The third-order valence-corrected chi connectivity index (χ3v) is 8.94. The molecular formula is C25H33ClF3N3OS. The maximum Gasteiger partial charge on any atom is 0.416 e. The summed E-state index contributed by atoms with van der Waals surface area (Å²) in [6, 6.07) is 4.89. The largest absolute Gasteiger partial charge is 0.416 e. The normalized spacial score (nSPS) is 33.5. The fraction of sp³-hybridized carbons (Fsp3) is 0.680. The predicted octanol–water partition coefficient (Wildman–Crippen LogP) is 6.61. The Labute approximate surface area is 209 Å². The van der Waals surface area contributed by atoms with Gasteiger partial charge in [0.05, 0.1) is 11.1 Å². The summed E-state index contributed by atoms with van der Waals surface area (Å²) in [6.45, 7) is 4.28. The first-order chi connectivity index (χ1) is 15.6. The third-order valence-electron chi connectivity index (χ3n) is 7.83. The van der Waals surface area contributed by atoms with Crippen LogP contribution in [0.15, 0.2) is 29.3 Å². The van der Waals surface area contributed by atoms with E-state index in [1.165, 1.54) is 50.7 Å². The van der Waals surface area contributed by atoms with Crippen LogP contribution in [0, 0.1) is 17.8 Å². The first-order valence-electron chi connectivity index (χ1n) is 12.1. The lowest BCUT2D eigenvalue weighted by atomic mass is 9.53. The van der Waals surface area contributed by atoms with Gasteiger partial charge in [0, 0.05) is 29.9 Å². The second-order valence-corrected chi connectivity index (χ2v) is 11.8. The van der Waals surface area contributed by atoms with Crippen molar-refractivity contribution < 1.29 is 18.0 Å². The summed E-state index contributed by atoms with van der Waals surface area (Å²) >= 11 is 1.76. The van der Waals surface area contributed by atoms with Crippen LogP contribution in [0.25, 0.3) is 0 Å². The van der Waals surface area contributed by atoms with E-state index in [-0.39, 0.29) is 35.9 Å². The molecule has 1 aromatic rings. The first kappa shape index (κ1) is 25.7. The monoisotopic (exact) mass is 515 g/mol. The molecule has 1 N–H and O–H groups in total. The third kappa shape index (κ3) is 5.23. The van der Waals surface area contributed by atoms with Crippen LogP contribution in [-0.4, -0.2) is 39.4 Å². The molecule has 1 aliphatic heterocycles. The van der Waals surface area contributed by atoms with Gasteiger partial charge in [-0.15, -0.1) is 12.4 Å². The molecule has 1 atom stereocenters. The molecule has 0 spiro atoms. The average Bonchev–Trinajstić information content (AvgIpc) is 3.08. The maximum absolute atomic E-state index is 12.8. The zero-order valence-corrected chi connectivity index (χ0v) is 21.2. The predicted molar refractivity (Wildman–Crippen MR) is 133 cm³/mol. The Balaban J connectivity index is 0.00000274. The zero-order chi connectivity index (χ0) is 23.4. The molecule has 4 aliphatic carbocycles. The molecule has 0 aromatic heterocycles. The molecule has 1 amide bonds. The Morgan fingerprint density at radius 3 is 2.18 bits per heavy atom. The average molecular weight is 516 g/mol. The number of halogens is 4. The Morgan fingerprint density at radius 2 is 1.68 bits per heavy atom. The van der Waals surface area contributed by atoms with Gasteiger partial charge in [-0.25, -0.2) is 0 Å². The lowest BCUT2D eigenvalue weighted by molar-refractivity contribution is -0.137. The standard InChI is InChI=1S/C25H32F3N3OS.ClH/c1-15(2)31-21(10-22(32)29-20-5-3-19(4-6-20)25(26,27)28)14-33-23(31)30-24-11-16-7-17(12-24)9-18(8-16)13-24;/h3-6,15-18,21H,7-14H2,1-2H3,(H,29,32);1H/b30-23-;. The highest BCUT2D eigenvalue weighted by molar-refractivity contribution is 8.14. The second-order valence-electron chi connectivity index (χ2n) is 10.8. The highest BCUT2D eigenvalue weighted by Crippen LogP contribution is 2.57. The van der Waals surface area contributed by atoms with Crippen molar-refractivity contribution in [1.82, 2.24) is 4.90 Å². The summed E-state index contributed by atoms with van der Waals surface area (Å²) in [5.74, 6) is 3.14. The number of alkyl halides is 3. The number of hydrogen-bond donors (Lipinski definition) is 1. The number of anilines is 1. The van der Waals surface area contributed by atoms with E-state index in [1.54, 1.807) is 11.8 Å². The highest BCUT2D eigenvalue weighted by Gasteiger charge is 2.51. The van der Waals surface area contributed by atoms with Crippen LogP contribution in [-0.2, 0) is 11.0 Å². The van der Waals surface area contributed by atoms with Crippen molar-refractivity contribution in [3.05, 3.63) is 29.8 Å². The van der Waals surface area contributed by atoms with Gasteiger partial charge in [-0.05, 0) is 94.4 Å².